The predicted octanol–water partition coefficient (Wildman–Crippen LogP) is 2.55. The topological polar surface area (TPSA) is 75.4 Å². The fraction of sp³-hybridized carbons (Fsp3) is 0.619. The van der Waals surface area contributed by atoms with E-state index in [9.17, 15) is 4.79 Å². The number of likely N-dealkylation sites (tertiary alicyclic amines) is 1. The molecule has 0 saturated carbocycles. The molecule has 1 saturated heterocycles. The van der Waals surface area contributed by atoms with Crippen LogP contribution in [0.3, 0.4) is 0 Å². The lowest BCUT2D eigenvalue weighted by Crippen LogP contribution is -2.33. The van der Waals surface area contributed by atoms with Crippen LogP contribution in [0.5, 0.6) is 0 Å². The zero-order valence-corrected chi connectivity index (χ0v) is 16.6. The molecule has 1 aliphatic carbocycles. The molecule has 2 aliphatic heterocycles. The van der Waals surface area contributed by atoms with Gasteiger partial charge < -0.3 is 14.3 Å². The molecule has 0 spiro atoms. The Hall–Kier alpha value is -2.28. The van der Waals surface area contributed by atoms with Gasteiger partial charge in [0.15, 0.2) is 11.5 Å². The minimum Gasteiger partial charge on any atom is -0.360 e. The largest absolute Gasteiger partial charge is 0.360 e. The number of hydrogen-bond acceptors (Lipinski definition) is 6. The van der Waals surface area contributed by atoms with Gasteiger partial charge in [0.05, 0.1) is 6.04 Å². The summed E-state index contributed by atoms with van der Waals surface area (Å²) in [4.78, 5) is 27.1. The maximum absolute atomic E-state index is 13.3. The van der Waals surface area contributed by atoms with Gasteiger partial charge in [0.25, 0.3) is 5.91 Å². The van der Waals surface area contributed by atoms with Crippen LogP contribution in [0.15, 0.2) is 10.7 Å². The quantitative estimate of drug-likeness (QED) is 0.796. The van der Waals surface area contributed by atoms with Gasteiger partial charge in [-0.25, -0.2) is 9.97 Å². The first-order valence-electron chi connectivity index (χ1n) is 10.4. The summed E-state index contributed by atoms with van der Waals surface area (Å²) in [5, 5.41) is 4.17. The van der Waals surface area contributed by atoms with Gasteiger partial charge >= 0.3 is 0 Å². The second kappa shape index (κ2) is 6.95. The Labute approximate surface area is 165 Å². The van der Waals surface area contributed by atoms with Crippen molar-refractivity contribution in [2.45, 2.75) is 58.0 Å². The molecule has 3 aliphatic rings. The average Bonchev–Trinajstić information content (AvgIpc) is 3.34. The molecule has 0 radical (unpaired) electrons. The summed E-state index contributed by atoms with van der Waals surface area (Å²) >= 11 is 0. The van der Waals surface area contributed by atoms with Crippen molar-refractivity contribution in [2.24, 2.45) is 5.92 Å². The molecule has 0 bridgehead atoms. The second-order valence-corrected chi connectivity index (χ2v) is 8.63. The SMILES string of the molecule is C[C@H]1CCc2onc(C(=O)N3CCC[C@@H]3c3ncc4c(n3)CCN(C)C4)c2C1. The molecule has 7 nitrogen and oxygen atoms in total. The van der Waals surface area contributed by atoms with Crippen LogP contribution in [0.1, 0.15) is 71.1 Å². The molecule has 2 aromatic rings. The summed E-state index contributed by atoms with van der Waals surface area (Å²) in [6.45, 7) is 4.86. The minimum atomic E-state index is -0.0641. The van der Waals surface area contributed by atoms with Crippen molar-refractivity contribution in [3.63, 3.8) is 0 Å². The normalized spacial score (nSPS) is 24.9. The van der Waals surface area contributed by atoms with E-state index in [-0.39, 0.29) is 11.9 Å². The highest BCUT2D eigenvalue weighted by Crippen LogP contribution is 2.34. The van der Waals surface area contributed by atoms with Gasteiger partial charge in [-0.1, -0.05) is 12.1 Å². The van der Waals surface area contributed by atoms with Gasteiger partial charge in [-0.3, -0.25) is 4.79 Å². The standard InChI is InChI=1S/C21H27N5O2/c1-13-5-6-18-15(10-13)19(24-28-18)21(27)26-8-3-4-17(26)20-22-11-14-12-25(2)9-7-16(14)23-20/h11,13,17H,3-10,12H2,1-2H3/t13-,17+/m0/s1. The van der Waals surface area contributed by atoms with E-state index in [0.29, 0.717) is 11.6 Å². The molecule has 1 amide bonds. The number of rotatable bonds is 2. The Morgan fingerprint density at radius 1 is 1.25 bits per heavy atom. The lowest BCUT2D eigenvalue weighted by atomic mass is 9.88. The molecule has 2 atom stereocenters. The Kier molecular flexibility index (Phi) is 4.42. The van der Waals surface area contributed by atoms with Gasteiger partial charge in [-0.05, 0) is 38.6 Å². The third-order valence-corrected chi connectivity index (χ3v) is 6.44. The third kappa shape index (κ3) is 3.02. The summed E-state index contributed by atoms with van der Waals surface area (Å²) in [7, 11) is 2.12. The second-order valence-electron chi connectivity index (χ2n) is 8.63. The van der Waals surface area contributed by atoms with Gasteiger partial charge in [-0.15, -0.1) is 0 Å². The first kappa shape index (κ1) is 17.8. The van der Waals surface area contributed by atoms with E-state index in [2.05, 4.69) is 29.0 Å². The monoisotopic (exact) mass is 381 g/mol. The fourth-order valence-electron chi connectivity index (χ4n) is 4.79. The number of carbonyl (C=O) groups is 1. The maximum Gasteiger partial charge on any atom is 0.276 e. The summed E-state index contributed by atoms with van der Waals surface area (Å²) in [5.41, 5.74) is 3.86. The van der Waals surface area contributed by atoms with Crippen LogP contribution >= 0.6 is 0 Å². The first-order valence-corrected chi connectivity index (χ1v) is 10.4. The van der Waals surface area contributed by atoms with Crippen molar-refractivity contribution >= 4 is 5.91 Å². The van der Waals surface area contributed by atoms with Crippen molar-refractivity contribution in [3.05, 3.63) is 40.3 Å². The van der Waals surface area contributed by atoms with Crippen molar-refractivity contribution in [1.82, 2.24) is 24.9 Å². The van der Waals surface area contributed by atoms with Crippen LogP contribution in [0.2, 0.25) is 0 Å². The average molecular weight is 381 g/mol. The number of amides is 1. The van der Waals surface area contributed by atoms with Crippen molar-refractivity contribution in [1.29, 1.82) is 0 Å². The van der Waals surface area contributed by atoms with Gasteiger partial charge in [0.2, 0.25) is 0 Å². The zero-order valence-electron chi connectivity index (χ0n) is 16.6. The molecular formula is C21H27N5O2. The van der Waals surface area contributed by atoms with Crippen LogP contribution < -0.4 is 0 Å². The molecule has 28 heavy (non-hydrogen) atoms. The molecule has 5 rings (SSSR count). The van der Waals surface area contributed by atoms with E-state index in [1.54, 1.807) is 0 Å². The number of nitrogens with zero attached hydrogens (tertiary/aromatic N) is 5. The maximum atomic E-state index is 13.3. The van der Waals surface area contributed by atoms with E-state index < -0.39 is 0 Å². The van der Waals surface area contributed by atoms with E-state index in [4.69, 9.17) is 9.51 Å². The Balaban J connectivity index is 1.42. The highest BCUT2D eigenvalue weighted by Gasteiger charge is 2.37. The smallest absolute Gasteiger partial charge is 0.276 e. The lowest BCUT2D eigenvalue weighted by Gasteiger charge is -2.27. The number of aromatic nitrogens is 3. The Morgan fingerprint density at radius 3 is 3.04 bits per heavy atom. The lowest BCUT2D eigenvalue weighted by molar-refractivity contribution is 0.0718. The van der Waals surface area contributed by atoms with Crippen LogP contribution in [0.4, 0.5) is 0 Å². The molecule has 0 aromatic carbocycles. The van der Waals surface area contributed by atoms with Gasteiger partial charge in [-0.2, -0.15) is 0 Å². The zero-order chi connectivity index (χ0) is 19.3. The fourth-order valence-corrected chi connectivity index (χ4v) is 4.79. The highest BCUT2D eigenvalue weighted by atomic mass is 16.5. The van der Waals surface area contributed by atoms with Crippen LogP contribution in [-0.4, -0.2) is 51.0 Å². The van der Waals surface area contributed by atoms with Gasteiger partial charge in [0, 0.05) is 55.5 Å². The number of likely N-dealkylation sites (N-methyl/N-ethyl adjacent to an activating group) is 1. The van der Waals surface area contributed by atoms with E-state index in [1.807, 2.05) is 11.1 Å². The molecule has 4 heterocycles. The summed E-state index contributed by atoms with van der Waals surface area (Å²) in [6.07, 6.45) is 7.62. The number of carbonyl (C=O) groups excluding carboxylic acids is 1. The van der Waals surface area contributed by atoms with Crippen molar-refractivity contribution in [2.75, 3.05) is 20.1 Å². The summed E-state index contributed by atoms with van der Waals surface area (Å²) < 4.78 is 5.51. The molecule has 148 valence electrons. The van der Waals surface area contributed by atoms with Crippen LogP contribution in [0, 0.1) is 5.92 Å². The summed E-state index contributed by atoms with van der Waals surface area (Å²) in [5.74, 6) is 2.21. The Bertz CT molecular complexity index is 908. The molecule has 0 unspecified atom stereocenters. The number of aryl methyl sites for hydroxylation is 1. The van der Waals surface area contributed by atoms with E-state index in [0.717, 1.165) is 81.0 Å². The number of fused-ring (bicyclic) bond motifs is 2. The van der Waals surface area contributed by atoms with E-state index >= 15 is 0 Å². The third-order valence-electron chi connectivity index (χ3n) is 6.44. The first-order chi connectivity index (χ1) is 13.6. The van der Waals surface area contributed by atoms with Crippen molar-refractivity contribution < 1.29 is 9.32 Å². The van der Waals surface area contributed by atoms with E-state index in [1.165, 1.54) is 5.56 Å². The molecule has 0 N–H and O–H groups in total. The predicted molar refractivity (Wildman–Crippen MR) is 103 cm³/mol. The molecule has 7 heteroatoms. The summed E-state index contributed by atoms with van der Waals surface area (Å²) in [6, 6.07) is -0.0641. The van der Waals surface area contributed by atoms with Crippen molar-refractivity contribution in [3.8, 4) is 0 Å². The molecular weight excluding hydrogens is 354 g/mol. The van der Waals surface area contributed by atoms with Crippen LogP contribution in [0.25, 0.3) is 0 Å². The molecule has 2 aromatic heterocycles. The minimum absolute atomic E-state index is 0.0253. The van der Waals surface area contributed by atoms with Gasteiger partial charge in [0.1, 0.15) is 5.76 Å². The number of hydrogen-bond donors (Lipinski definition) is 0. The molecule has 1 fully saturated rings. The van der Waals surface area contributed by atoms with Crippen LogP contribution in [-0.2, 0) is 25.8 Å². The highest BCUT2D eigenvalue weighted by molar-refractivity contribution is 5.94. The Morgan fingerprint density at radius 2 is 2.14 bits per heavy atom.